The monoisotopic (exact) mass is 604 g/mol. The molecule has 13 heteroatoms. The number of Topliss-reactive ketones (excluding diaryl/α,β-unsaturated/α-hetero) is 2. The molecule has 2 aromatic carbocycles. The van der Waals surface area contributed by atoms with Crippen molar-refractivity contribution in [3.63, 3.8) is 0 Å². The van der Waals surface area contributed by atoms with Gasteiger partial charge in [0.25, 0.3) is 0 Å². The summed E-state index contributed by atoms with van der Waals surface area (Å²) in [5, 5.41) is 3.04. The highest BCUT2D eigenvalue weighted by Gasteiger charge is 2.70. The average molecular weight is 605 g/mol. The molecule has 3 aliphatic rings. The minimum Gasteiger partial charge on any atom is -0.497 e. The second-order valence-corrected chi connectivity index (χ2v) is 12.0. The molecule has 0 saturated carbocycles. The van der Waals surface area contributed by atoms with E-state index in [9.17, 15) is 27.6 Å². The van der Waals surface area contributed by atoms with Crippen molar-refractivity contribution in [2.75, 3.05) is 34.4 Å². The van der Waals surface area contributed by atoms with Crippen molar-refractivity contribution in [2.45, 2.75) is 35.4 Å². The van der Waals surface area contributed by atoms with Crippen molar-refractivity contribution < 1.29 is 41.8 Å². The average Bonchev–Trinajstić information content (AvgIpc) is 3.04. The number of amides is 2. The zero-order valence-electron chi connectivity index (χ0n) is 22.7. The number of rotatable bonds is 6. The van der Waals surface area contributed by atoms with Crippen LogP contribution in [0.25, 0.3) is 6.08 Å². The van der Waals surface area contributed by atoms with Gasteiger partial charge in [0.15, 0.2) is 0 Å². The minimum atomic E-state index is -4.35. The van der Waals surface area contributed by atoms with Crippen LogP contribution in [0, 0.1) is 0 Å². The van der Waals surface area contributed by atoms with Crippen LogP contribution in [0.4, 0.5) is 0 Å². The number of hydrogen-bond donors (Lipinski definition) is 1. The van der Waals surface area contributed by atoms with E-state index in [0.717, 1.165) is 4.90 Å². The third-order valence-corrected chi connectivity index (χ3v) is 9.66. The van der Waals surface area contributed by atoms with Crippen molar-refractivity contribution in [1.82, 2.24) is 10.2 Å². The Morgan fingerprint density at radius 3 is 2.29 bits per heavy atom. The summed E-state index contributed by atoms with van der Waals surface area (Å²) in [6, 6.07) is 9.16. The molecule has 1 N–H and O–H groups in total. The molecular weight excluding hydrogens is 576 g/mol. The molecule has 3 aliphatic heterocycles. The molecular formula is C28H29ClN2O9S. The first-order valence-corrected chi connectivity index (χ1v) is 14.5. The highest BCUT2D eigenvalue weighted by atomic mass is 35.5. The van der Waals surface area contributed by atoms with E-state index >= 15 is 0 Å². The van der Waals surface area contributed by atoms with Crippen LogP contribution in [0.5, 0.6) is 17.2 Å². The third-order valence-electron chi connectivity index (χ3n) is 7.09. The Morgan fingerprint density at radius 2 is 1.63 bits per heavy atom. The number of hydrogen-bond acceptors (Lipinski definition) is 9. The molecule has 3 fully saturated rings. The highest BCUT2D eigenvalue weighted by Crippen LogP contribution is 2.50. The number of sulfone groups is 1. The van der Waals surface area contributed by atoms with Gasteiger partial charge in [0.1, 0.15) is 27.9 Å². The zero-order chi connectivity index (χ0) is 29.9. The van der Waals surface area contributed by atoms with E-state index in [-0.39, 0.29) is 40.2 Å². The first-order chi connectivity index (χ1) is 19.5. The van der Waals surface area contributed by atoms with Crippen molar-refractivity contribution >= 4 is 50.9 Å². The summed E-state index contributed by atoms with van der Waals surface area (Å²) in [5.74, 6) is -0.103. The maximum Gasteiger partial charge on any atom is 0.228 e. The molecule has 3 heterocycles. The summed E-state index contributed by atoms with van der Waals surface area (Å²) in [4.78, 5) is 45.9. The van der Waals surface area contributed by atoms with Crippen LogP contribution in [0.1, 0.15) is 31.2 Å². The fraction of sp³-hybridized carbons (Fsp3) is 0.357. The first-order valence-electron chi connectivity index (χ1n) is 12.6. The van der Waals surface area contributed by atoms with E-state index < -0.39 is 32.8 Å². The van der Waals surface area contributed by atoms with Gasteiger partial charge in [0.2, 0.25) is 32.3 Å². The molecule has 0 spiro atoms. The van der Waals surface area contributed by atoms with Crippen molar-refractivity contribution in [2.24, 2.45) is 0 Å². The molecule has 0 bridgehead atoms. The molecule has 0 aliphatic carbocycles. The van der Waals surface area contributed by atoms with Gasteiger partial charge in [-0.2, -0.15) is 0 Å². The molecule has 0 radical (unpaired) electrons. The van der Waals surface area contributed by atoms with Crippen molar-refractivity contribution in [3.05, 3.63) is 52.6 Å². The summed E-state index contributed by atoms with van der Waals surface area (Å²) >= 11 is 6.07. The smallest absolute Gasteiger partial charge is 0.228 e. The van der Waals surface area contributed by atoms with Crippen molar-refractivity contribution in [1.29, 1.82) is 0 Å². The number of benzene rings is 2. The summed E-state index contributed by atoms with van der Waals surface area (Å²) in [6.07, 6.45) is 2.37. The molecule has 1 atom stereocenters. The number of halogens is 1. The lowest BCUT2D eigenvalue weighted by atomic mass is 9.99. The number of nitrogens with zero attached hydrogens (tertiary/aromatic N) is 1. The van der Waals surface area contributed by atoms with E-state index in [0.29, 0.717) is 42.1 Å². The number of ketones is 2. The standard InChI is InChI=1S/C22H20ClNO7S.C6H9NO2/c1-29-16-5-7-18(31-3)19(10-16)32(27,28)22-11-20(25)24(22)12-14(21(22)26)8-13-9-15(23)4-6-17(13)30-2;8-5-1-2-6(9)7-4-3-5/h4-10H,11-12H2,1-3H3;1-4H2,(H,7,9). The fourth-order valence-corrected chi connectivity index (χ4v) is 7.26. The lowest BCUT2D eigenvalue weighted by molar-refractivity contribution is -0.150. The number of methoxy groups -OCH3 is 3. The number of fused-ring (bicyclic) bond motifs is 1. The van der Waals surface area contributed by atoms with Gasteiger partial charge < -0.3 is 24.4 Å². The largest absolute Gasteiger partial charge is 0.497 e. The van der Waals surface area contributed by atoms with Gasteiger partial charge in [0.05, 0.1) is 34.3 Å². The Balaban J connectivity index is 0.000000367. The normalized spacial score (nSPS) is 21.3. The molecule has 41 heavy (non-hydrogen) atoms. The second-order valence-electron chi connectivity index (χ2n) is 9.48. The van der Waals surface area contributed by atoms with Crippen molar-refractivity contribution in [3.8, 4) is 17.2 Å². The number of carbonyl (C=O) groups is 4. The molecule has 3 saturated heterocycles. The molecule has 2 aromatic rings. The summed E-state index contributed by atoms with van der Waals surface area (Å²) in [6.45, 7) is 0.385. The van der Waals surface area contributed by atoms with E-state index in [4.69, 9.17) is 25.8 Å². The van der Waals surface area contributed by atoms with E-state index in [1.165, 1.54) is 39.5 Å². The van der Waals surface area contributed by atoms with E-state index in [1.54, 1.807) is 24.3 Å². The van der Waals surface area contributed by atoms with E-state index in [2.05, 4.69) is 5.32 Å². The zero-order valence-corrected chi connectivity index (χ0v) is 24.3. The minimum absolute atomic E-state index is 0.000787. The van der Waals surface area contributed by atoms with Gasteiger partial charge in [-0.05, 0) is 36.4 Å². The van der Waals surface area contributed by atoms with Crippen LogP contribution in [-0.4, -0.2) is 76.0 Å². The van der Waals surface area contributed by atoms with Crippen LogP contribution in [0.15, 0.2) is 46.9 Å². The van der Waals surface area contributed by atoms with Gasteiger partial charge in [-0.1, -0.05) is 11.6 Å². The number of carbonyl (C=O) groups excluding carboxylic acids is 4. The third kappa shape index (κ3) is 5.53. The molecule has 2 amide bonds. The predicted octanol–water partition coefficient (Wildman–Crippen LogP) is 2.59. The Hall–Kier alpha value is -3.90. The quantitative estimate of drug-likeness (QED) is 0.388. The number of nitrogens with one attached hydrogen (secondary N) is 1. The SMILES string of the molecule is COc1ccc(OC)c(S(=O)(=O)C23CC(=O)N2CC(=Cc2cc(Cl)ccc2OC)C3=O)c1.O=C1CCNC(=O)CC1. The summed E-state index contributed by atoms with van der Waals surface area (Å²) in [5.41, 5.74) is 0.673. The van der Waals surface area contributed by atoms with Crippen LogP contribution in [0.3, 0.4) is 0 Å². The van der Waals surface area contributed by atoms with Gasteiger partial charge in [-0.15, -0.1) is 0 Å². The maximum absolute atomic E-state index is 13.8. The van der Waals surface area contributed by atoms with Crippen LogP contribution >= 0.6 is 11.6 Å². The van der Waals surface area contributed by atoms with Crippen LogP contribution < -0.4 is 19.5 Å². The Kier molecular flexibility index (Phi) is 8.74. The first kappa shape index (κ1) is 30.1. The second kappa shape index (κ2) is 11.9. The van der Waals surface area contributed by atoms with Gasteiger partial charge in [-0.3, -0.25) is 19.2 Å². The fourth-order valence-electron chi connectivity index (χ4n) is 4.88. The lowest BCUT2D eigenvalue weighted by Gasteiger charge is -2.44. The molecule has 218 valence electrons. The summed E-state index contributed by atoms with van der Waals surface area (Å²) in [7, 11) is -0.156. The lowest BCUT2D eigenvalue weighted by Crippen LogP contribution is -2.67. The topological polar surface area (TPSA) is 145 Å². The molecule has 5 rings (SSSR count). The van der Waals surface area contributed by atoms with Crippen LogP contribution in [0.2, 0.25) is 5.02 Å². The van der Waals surface area contributed by atoms with Crippen LogP contribution in [-0.2, 0) is 29.0 Å². The molecule has 11 nitrogen and oxygen atoms in total. The van der Waals surface area contributed by atoms with Gasteiger partial charge >= 0.3 is 0 Å². The van der Waals surface area contributed by atoms with Gasteiger partial charge in [-0.25, -0.2) is 8.42 Å². The Labute approximate surface area is 242 Å². The maximum atomic E-state index is 13.8. The predicted molar refractivity (Wildman–Crippen MR) is 149 cm³/mol. The Bertz CT molecular complexity index is 1540. The highest BCUT2D eigenvalue weighted by molar-refractivity contribution is 7.94. The molecule has 1 unspecified atom stereocenters. The van der Waals surface area contributed by atoms with E-state index in [1.807, 2.05) is 0 Å². The summed E-state index contributed by atoms with van der Waals surface area (Å²) < 4.78 is 43.2. The van der Waals surface area contributed by atoms with Gasteiger partial charge in [0, 0.05) is 48.0 Å². The number of ether oxygens (including phenoxy) is 3. The Morgan fingerprint density at radius 1 is 0.927 bits per heavy atom. The number of β-lactam (4-membered cyclic amide) rings is 1. The molecule has 0 aromatic heterocycles.